The van der Waals surface area contributed by atoms with Crippen LogP contribution in [-0.4, -0.2) is 51.4 Å². The highest BCUT2D eigenvalue weighted by atomic mass is 19.1. The topological polar surface area (TPSA) is 122 Å². The number of anilines is 1. The lowest BCUT2D eigenvalue weighted by molar-refractivity contribution is -0.137. The molecule has 0 aliphatic heterocycles. The smallest absolute Gasteiger partial charge is 0.323 e. The predicted octanol–water partition coefficient (Wildman–Crippen LogP) is 8.60. The Morgan fingerprint density at radius 3 is 2.23 bits per heavy atom. The van der Waals surface area contributed by atoms with Crippen molar-refractivity contribution in [3.8, 4) is 17.1 Å². The van der Waals surface area contributed by atoms with Crippen molar-refractivity contribution in [2.24, 2.45) is 17.8 Å². The maximum Gasteiger partial charge on any atom is 0.323 e. The number of rotatable bonds is 13. The van der Waals surface area contributed by atoms with Gasteiger partial charge in [-0.15, -0.1) is 0 Å². The Bertz CT molecular complexity index is 1920. The van der Waals surface area contributed by atoms with Crippen molar-refractivity contribution >= 4 is 29.0 Å². The lowest BCUT2D eigenvalue weighted by Crippen LogP contribution is -2.35. The number of nitrogens with zero attached hydrogens (tertiary/aromatic N) is 3. The van der Waals surface area contributed by atoms with E-state index in [0.717, 1.165) is 47.3 Å². The van der Waals surface area contributed by atoms with E-state index in [1.807, 2.05) is 36.7 Å². The molecule has 2 amide bonds. The molecule has 53 heavy (non-hydrogen) atoms. The van der Waals surface area contributed by atoms with E-state index in [0.29, 0.717) is 17.3 Å². The average molecular weight is 719 g/mol. The summed E-state index contributed by atoms with van der Waals surface area (Å²) < 4.78 is 19.3. The van der Waals surface area contributed by atoms with Crippen molar-refractivity contribution < 1.29 is 28.6 Å². The number of ether oxygens (including phenoxy) is 1. The van der Waals surface area contributed by atoms with Crippen LogP contribution in [0.5, 0.6) is 5.75 Å². The van der Waals surface area contributed by atoms with E-state index in [2.05, 4.69) is 28.3 Å². The van der Waals surface area contributed by atoms with E-state index in [-0.39, 0.29) is 24.1 Å². The fourth-order valence-electron chi connectivity index (χ4n) is 7.65. The average Bonchev–Trinajstić information content (AvgIpc) is 3.19. The molecule has 10 heteroatoms. The van der Waals surface area contributed by atoms with Crippen LogP contribution >= 0.6 is 0 Å². The highest BCUT2D eigenvalue weighted by Gasteiger charge is 2.28. The summed E-state index contributed by atoms with van der Waals surface area (Å²) in [6.07, 6.45) is 16.3. The number of carboxylic acid groups (broad SMARTS) is 1. The first kappa shape index (κ1) is 37.4. The number of nitrogens with one attached hydrogen (secondary N) is 1. The third kappa shape index (κ3) is 9.74. The van der Waals surface area contributed by atoms with Crippen LogP contribution in [0.1, 0.15) is 85.3 Å². The number of carbonyl (C=O) groups excluding carboxylic acids is 2. The van der Waals surface area contributed by atoms with Gasteiger partial charge in [0.05, 0.1) is 13.5 Å². The Morgan fingerprint density at radius 1 is 0.906 bits per heavy atom. The van der Waals surface area contributed by atoms with E-state index in [4.69, 9.17) is 4.74 Å². The van der Waals surface area contributed by atoms with Crippen LogP contribution in [0.3, 0.4) is 0 Å². The number of benzene rings is 3. The first-order valence-electron chi connectivity index (χ1n) is 18.5. The van der Waals surface area contributed by atoms with Crippen molar-refractivity contribution in [2.45, 2.75) is 71.3 Å². The summed E-state index contributed by atoms with van der Waals surface area (Å²) in [6, 6.07) is 17.9. The first-order valence-corrected chi connectivity index (χ1v) is 18.5. The van der Waals surface area contributed by atoms with Crippen molar-refractivity contribution in [3.05, 3.63) is 113 Å². The van der Waals surface area contributed by atoms with Gasteiger partial charge in [-0.05, 0) is 96.9 Å². The summed E-state index contributed by atoms with van der Waals surface area (Å²) in [5, 5.41) is 12.3. The summed E-state index contributed by atoms with van der Waals surface area (Å²) in [5.74, 6) is 0.958. The molecule has 0 spiro atoms. The molecule has 0 radical (unpaired) electrons. The summed E-state index contributed by atoms with van der Waals surface area (Å²) in [7, 11) is 1.43. The van der Waals surface area contributed by atoms with Gasteiger partial charge in [-0.3, -0.25) is 14.4 Å². The zero-order valence-corrected chi connectivity index (χ0v) is 30.4. The zero-order valence-electron chi connectivity index (χ0n) is 30.4. The minimum Gasteiger partial charge on any atom is -0.497 e. The van der Waals surface area contributed by atoms with Gasteiger partial charge in [0.2, 0.25) is 5.91 Å². The first-order chi connectivity index (χ1) is 25.7. The van der Waals surface area contributed by atoms with E-state index in [9.17, 15) is 23.9 Å². The summed E-state index contributed by atoms with van der Waals surface area (Å²) >= 11 is 0. The fourth-order valence-corrected chi connectivity index (χ4v) is 7.65. The van der Waals surface area contributed by atoms with Crippen LogP contribution in [0.15, 0.2) is 85.2 Å². The highest BCUT2D eigenvalue weighted by molar-refractivity contribution is 5.97. The zero-order chi connectivity index (χ0) is 37.3. The molecule has 4 aromatic rings. The van der Waals surface area contributed by atoms with Crippen LogP contribution < -0.4 is 10.1 Å². The largest absolute Gasteiger partial charge is 0.497 e. The number of hydrogen-bond donors (Lipinski definition) is 2. The maximum atomic E-state index is 14.3. The van der Waals surface area contributed by atoms with Crippen LogP contribution in [0.2, 0.25) is 0 Å². The number of allylic oxidation sites excluding steroid dienone is 2. The van der Waals surface area contributed by atoms with Crippen molar-refractivity contribution in [1.82, 2.24) is 14.9 Å². The van der Waals surface area contributed by atoms with E-state index < -0.39 is 30.1 Å². The summed E-state index contributed by atoms with van der Waals surface area (Å²) in [4.78, 5) is 48.3. The summed E-state index contributed by atoms with van der Waals surface area (Å²) in [5.41, 5.74) is 4.87. The lowest BCUT2D eigenvalue weighted by atomic mass is 9.71. The second kappa shape index (κ2) is 17.4. The number of aliphatic carboxylic acids is 1. The molecule has 1 heterocycles. The number of carbonyl (C=O) groups is 3. The Kier molecular flexibility index (Phi) is 12.3. The van der Waals surface area contributed by atoms with Gasteiger partial charge in [-0.1, -0.05) is 62.6 Å². The molecule has 1 unspecified atom stereocenters. The van der Waals surface area contributed by atoms with E-state index in [1.54, 1.807) is 18.2 Å². The molecule has 1 atom stereocenters. The third-order valence-corrected chi connectivity index (χ3v) is 10.8. The number of carboxylic acids is 1. The normalized spacial score (nSPS) is 18.5. The number of methoxy groups -OCH3 is 1. The molecule has 276 valence electrons. The molecule has 9 nitrogen and oxygen atoms in total. The van der Waals surface area contributed by atoms with Gasteiger partial charge in [0.1, 0.15) is 18.1 Å². The lowest BCUT2D eigenvalue weighted by Gasteiger charge is -2.35. The molecule has 3 aromatic carbocycles. The SMILES string of the molecule is CC[C@H]1CC[C@H](C2CC=C(c3cnc(-c4ccc(CN(CC(=O)O)C(=O)c5ccc(NC(=O)Cc6ccc(OC)cc6F)cc5)cc4)nc3)CC2)CC1. The van der Waals surface area contributed by atoms with Gasteiger partial charge in [0, 0.05) is 47.4 Å². The van der Waals surface area contributed by atoms with E-state index >= 15 is 0 Å². The number of hydrogen-bond acceptors (Lipinski definition) is 6. The molecule has 2 N–H and O–H groups in total. The van der Waals surface area contributed by atoms with Crippen LogP contribution in [0.25, 0.3) is 17.0 Å². The molecule has 2 aliphatic rings. The molecule has 2 aliphatic carbocycles. The van der Waals surface area contributed by atoms with Gasteiger partial charge < -0.3 is 20.1 Å². The van der Waals surface area contributed by atoms with Gasteiger partial charge in [0.15, 0.2) is 5.82 Å². The second-order valence-corrected chi connectivity index (χ2v) is 14.3. The molecule has 0 bridgehead atoms. The van der Waals surface area contributed by atoms with Crippen LogP contribution in [-0.2, 0) is 22.6 Å². The molecule has 6 rings (SSSR count). The Hall–Kier alpha value is -5.38. The standard InChI is InChI=1S/C43H47FN4O5/c1-3-28-4-8-30(9-5-28)31-12-14-32(15-13-31)36-24-45-42(46-25-36)33-10-6-29(7-11-33)26-48(27-41(50)51)43(52)34-16-19-37(20-17-34)47-40(49)22-35-18-21-38(53-2)23-39(35)44/h6-7,10-11,14,16-21,23-25,28,30-31H,3-5,8-9,12-13,15,22,26-27H2,1-2H3,(H,47,49)(H,50,51)/t28-,30-,31?. The number of aromatic nitrogens is 2. The van der Waals surface area contributed by atoms with Crippen molar-refractivity contribution in [3.63, 3.8) is 0 Å². The number of amides is 2. The van der Waals surface area contributed by atoms with Crippen molar-refractivity contribution in [1.29, 1.82) is 0 Å². The predicted molar refractivity (Wildman–Crippen MR) is 203 cm³/mol. The number of halogens is 1. The molecular formula is C43H47FN4O5. The van der Waals surface area contributed by atoms with E-state index in [1.165, 1.54) is 80.4 Å². The van der Waals surface area contributed by atoms with Crippen LogP contribution in [0.4, 0.5) is 10.1 Å². The third-order valence-electron chi connectivity index (χ3n) is 10.8. The monoisotopic (exact) mass is 718 g/mol. The quantitative estimate of drug-likeness (QED) is 0.142. The second-order valence-electron chi connectivity index (χ2n) is 14.3. The molecule has 0 saturated heterocycles. The van der Waals surface area contributed by atoms with Crippen molar-refractivity contribution in [2.75, 3.05) is 19.0 Å². The van der Waals surface area contributed by atoms with Gasteiger partial charge >= 0.3 is 5.97 Å². The molecule has 1 fully saturated rings. The van der Waals surface area contributed by atoms with Gasteiger partial charge in [-0.25, -0.2) is 14.4 Å². The minimum atomic E-state index is -1.14. The minimum absolute atomic E-state index is 0.0757. The Balaban J connectivity index is 1.03. The fraction of sp³-hybridized carbons (Fsp3) is 0.372. The highest BCUT2D eigenvalue weighted by Crippen LogP contribution is 2.41. The molecule has 1 aromatic heterocycles. The Labute approximate surface area is 310 Å². The van der Waals surface area contributed by atoms with Gasteiger partial charge in [-0.2, -0.15) is 0 Å². The maximum absolute atomic E-state index is 14.3. The van der Waals surface area contributed by atoms with Crippen LogP contribution in [0, 0.1) is 23.6 Å². The van der Waals surface area contributed by atoms with Gasteiger partial charge in [0.25, 0.3) is 5.91 Å². The summed E-state index contributed by atoms with van der Waals surface area (Å²) in [6.45, 7) is 1.90. The molecular weight excluding hydrogens is 671 g/mol. The molecule has 1 saturated carbocycles. The Morgan fingerprint density at radius 2 is 1.62 bits per heavy atom.